The quantitative estimate of drug-likeness (QED) is 0.138. The maximum Gasteiger partial charge on any atom is -0.172 e. The zero-order valence-corrected chi connectivity index (χ0v) is 23.3. The second-order valence-electron chi connectivity index (χ2n) is 8.40. The van der Waals surface area contributed by atoms with Gasteiger partial charge in [-0.1, -0.05) is 35.4 Å². The minimum atomic E-state index is 1.08. The fraction of sp³-hybridized carbons (Fsp3) is 0.0606. The third-order valence-corrected chi connectivity index (χ3v) is 7.77. The maximum atomic E-state index is 2.27. The number of hydrogen-bond acceptors (Lipinski definition) is 0. The molecule has 0 aliphatic carbocycles. The maximum absolute atomic E-state index is 2.27. The monoisotopic (exact) mass is 604 g/mol. The molecule has 164 valence electrons. The molecule has 34 heavy (non-hydrogen) atoms. The van der Waals surface area contributed by atoms with E-state index in [2.05, 4.69) is 117 Å². The van der Waals surface area contributed by atoms with Crippen molar-refractivity contribution in [3.05, 3.63) is 156 Å². The number of benzene rings is 4. The summed E-state index contributed by atoms with van der Waals surface area (Å²) in [5.74, 6) is 0. The predicted octanol–water partition coefficient (Wildman–Crippen LogP) is 8.54. The van der Waals surface area contributed by atoms with Gasteiger partial charge in [-0.25, -0.2) is 12.1 Å². The van der Waals surface area contributed by atoms with Crippen LogP contribution in [0, 0.1) is 13.8 Å². The Kier molecular flexibility index (Phi) is 8.33. The van der Waals surface area contributed by atoms with Gasteiger partial charge in [-0.15, -0.1) is 39.7 Å². The Morgan fingerprint density at radius 2 is 1.00 bits per heavy atom. The van der Waals surface area contributed by atoms with Crippen molar-refractivity contribution in [3.8, 4) is 0 Å². The third kappa shape index (κ3) is 6.24. The second kappa shape index (κ2) is 11.8. The minimum Gasteiger partial charge on any atom is -0.214 e. The van der Waals surface area contributed by atoms with Gasteiger partial charge < -0.3 is 0 Å². The first-order chi connectivity index (χ1) is 16.6. The Morgan fingerprint density at radius 1 is 0.559 bits per heavy atom. The minimum absolute atomic E-state index is 1.08. The molecule has 0 aromatic heterocycles. The van der Waals surface area contributed by atoms with Crippen molar-refractivity contribution >= 4 is 24.8 Å². The molecule has 0 heterocycles. The topological polar surface area (TPSA) is 0 Å². The van der Waals surface area contributed by atoms with E-state index < -0.39 is 0 Å². The van der Waals surface area contributed by atoms with Gasteiger partial charge in [0.2, 0.25) is 0 Å². The van der Waals surface area contributed by atoms with Crippen LogP contribution in [0.5, 0.6) is 0 Å². The van der Waals surface area contributed by atoms with Crippen LogP contribution >= 0.6 is 0 Å². The largest absolute Gasteiger partial charge is 0.214 e. The summed E-state index contributed by atoms with van der Waals surface area (Å²) >= 11 is 1.08. The first kappa shape index (κ1) is 24.0. The van der Waals surface area contributed by atoms with E-state index in [1.165, 1.54) is 47.1 Å². The Hall–Kier alpha value is -3.16. The summed E-state index contributed by atoms with van der Waals surface area (Å²) in [6.45, 7) is 4.29. The molecule has 0 saturated carbocycles. The molecule has 0 saturated heterocycles. The van der Waals surface area contributed by atoms with E-state index in [0.717, 1.165) is 23.9 Å². The summed E-state index contributed by atoms with van der Waals surface area (Å²) in [6.07, 6.45) is 0. The fourth-order valence-electron chi connectivity index (χ4n) is 3.92. The van der Waals surface area contributed by atoms with Gasteiger partial charge in [-0.3, -0.25) is 0 Å². The summed E-state index contributed by atoms with van der Waals surface area (Å²) in [4.78, 5) is 0. The smallest absolute Gasteiger partial charge is 0.172 e. The van der Waals surface area contributed by atoms with E-state index in [1.54, 1.807) is 0 Å². The normalized spacial score (nSPS) is 10.2. The van der Waals surface area contributed by atoms with E-state index in [4.69, 9.17) is 0 Å². The van der Waals surface area contributed by atoms with Crippen LogP contribution in [0.3, 0.4) is 0 Å². The van der Waals surface area contributed by atoms with Crippen molar-refractivity contribution < 1.29 is 23.9 Å². The molecule has 0 atom stereocenters. The predicted molar refractivity (Wildman–Crippen MR) is 145 cm³/mol. The van der Waals surface area contributed by atoms with Crippen molar-refractivity contribution in [2.75, 3.05) is 0 Å². The first-order valence-electron chi connectivity index (χ1n) is 11.5. The number of rotatable bonds is 2. The molecule has 6 rings (SSSR count). The fourth-order valence-corrected chi connectivity index (χ4v) is 5.12. The Labute approximate surface area is 217 Å². The van der Waals surface area contributed by atoms with Gasteiger partial charge in [0.1, 0.15) is 0 Å². The van der Waals surface area contributed by atoms with Crippen molar-refractivity contribution in [3.63, 3.8) is 0 Å². The first-order valence-corrected chi connectivity index (χ1v) is 13.3. The van der Waals surface area contributed by atoms with Gasteiger partial charge in [0, 0.05) is 0 Å². The van der Waals surface area contributed by atoms with E-state index in [0.29, 0.717) is 0 Å². The molecule has 0 amide bonds. The van der Waals surface area contributed by atoms with Crippen molar-refractivity contribution in [2.45, 2.75) is 13.8 Å². The second-order valence-corrected chi connectivity index (χ2v) is 10.2. The van der Waals surface area contributed by atoms with Crippen LogP contribution in [0.4, 0.5) is 0 Å². The van der Waals surface area contributed by atoms with Crippen LogP contribution in [0.15, 0.2) is 133 Å². The van der Waals surface area contributed by atoms with Crippen LogP contribution in [0.2, 0.25) is 0 Å². The van der Waals surface area contributed by atoms with Gasteiger partial charge in [0.15, 0.2) is 0 Å². The van der Waals surface area contributed by atoms with Crippen LogP contribution < -0.4 is 0 Å². The number of hydrogen-bond donors (Lipinski definition) is 0. The van der Waals surface area contributed by atoms with Gasteiger partial charge >= 0.3 is 98.9 Å². The van der Waals surface area contributed by atoms with Crippen LogP contribution in [-0.4, -0.2) is 3.26 Å². The number of aryl methyl sites for hydroxylation is 2. The molecule has 0 bridgehead atoms. The average molecular weight is 603 g/mol. The zero-order chi connectivity index (χ0) is 23.8. The average Bonchev–Trinajstić information content (AvgIpc) is 3.57. The third-order valence-electron chi connectivity index (χ3n) is 5.70. The summed E-state index contributed by atoms with van der Waals surface area (Å²) in [6, 6.07) is 46.8. The van der Waals surface area contributed by atoms with E-state index in [1.807, 2.05) is 30.3 Å². The summed E-state index contributed by atoms with van der Waals surface area (Å²) in [5.41, 5.74) is 5.36. The number of fused-ring (bicyclic) bond motifs is 3. The van der Waals surface area contributed by atoms with Crippen molar-refractivity contribution in [2.24, 2.45) is 0 Å². The summed E-state index contributed by atoms with van der Waals surface area (Å²) in [5, 5.41) is 5.46. The van der Waals surface area contributed by atoms with E-state index >= 15 is 0 Å². The molecule has 0 fully saturated rings. The van der Waals surface area contributed by atoms with Gasteiger partial charge in [-0.2, -0.15) is 18.2 Å². The zero-order valence-electron chi connectivity index (χ0n) is 19.7. The Morgan fingerprint density at radius 3 is 1.38 bits per heavy atom. The summed E-state index contributed by atoms with van der Waals surface area (Å²) < 4.78 is 1.46. The standard InChI is InChI=1S/C15H13.C13H10.C5H5.Hf/c1-10-3-5-12-9-13-6-4-11(2)8-15(13)14(12)7-10;1-3-7-12(8-4-1)11-13-9-5-2-6-10-13;1-2-4-5-3-1;/h3-9H,1-2H3;1-10H;1-5H;/q-1;;-1;+2. The molecule has 0 nitrogen and oxygen atoms in total. The molecule has 0 radical (unpaired) electrons. The molecular formula is C33H28Hf. The SMILES string of the molecule is Cc1ccc2[cH-]c3ccc(C)cc3c2c1.[Hf+2]=[C](c1ccccc1)c1ccccc1.c1cc[cH-]c1. The molecule has 0 aliphatic rings. The van der Waals surface area contributed by atoms with E-state index in [9.17, 15) is 0 Å². The van der Waals surface area contributed by atoms with Crippen molar-refractivity contribution in [1.82, 2.24) is 0 Å². The van der Waals surface area contributed by atoms with Gasteiger partial charge in [0.25, 0.3) is 0 Å². The van der Waals surface area contributed by atoms with Gasteiger partial charge in [-0.05, 0) is 13.8 Å². The molecule has 6 aromatic carbocycles. The summed E-state index contributed by atoms with van der Waals surface area (Å²) in [7, 11) is 0. The van der Waals surface area contributed by atoms with Crippen LogP contribution in [0.25, 0.3) is 21.5 Å². The Balaban J connectivity index is 0.000000134. The van der Waals surface area contributed by atoms with Crippen LogP contribution in [-0.2, 0) is 23.9 Å². The van der Waals surface area contributed by atoms with Gasteiger partial charge in [0.05, 0.1) is 0 Å². The molecule has 0 unspecified atom stereocenters. The Bertz CT molecular complexity index is 1340. The molecular weight excluding hydrogens is 575 g/mol. The molecule has 1 heteroatoms. The van der Waals surface area contributed by atoms with E-state index in [-0.39, 0.29) is 0 Å². The molecule has 0 N–H and O–H groups in total. The molecule has 0 spiro atoms. The van der Waals surface area contributed by atoms with Crippen LogP contribution in [0.1, 0.15) is 22.3 Å². The molecule has 0 aliphatic heterocycles. The molecule has 6 aromatic rings. The van der Waals surface area contributed by atoms with Crippen molar-refractivity contribution in [1.29, 1.82) is 0 Å².